The van der Waals surface area contributed by atoms with Crippen molar-refractivity contribution in [3.05, 3.63) is 11.1 Å². The molecule has 0 radical (unpaired) electrons. The van der Waals surface area contributed by atoms with Crippen LogP contribution in [0.25, 0.3) is 0 Å². The van der Waals surface area contributed by atoms with Gasteiger partial charge in [0.05, 0.1) is 17.6 Å². The maximum absolute atomic E-state index is 11.8. The smallest absolute Gasteiger partial charge is 0.238 e. The van der Waals surface area contributed by atoms with Crippen molar-refractivity contribution >= 4 is 28.3 Å². The van der Waals surface area contributed by atoms with Crippen molar-refractivity contribution < 1.29 is 9.59 Å². The van der Waals surface area contributed by atoms with Crippen molar-refractivity contribution in [2.75, 3.05) is 11.4 Å². The van der Waals surface area contributed by atoms with Crippen LogP contribution in [0.3, 0.4) is 0 Å². The zero-order valence-electron chi connectivity index (χ0n) is 9.27. The highest BCUT2D eigenvalue weighted by atomic mass is 32.1. The van der Waals surface area contributed by atoms with Gasteiger partial charge in [0.25, 0.3) is 0 Å². The van der Waals surface area contributed by atoms with Gasteiger partial charge < -0.3 is 5.73 Å². The molecule has 2 N–H and O–H groups in total. The molecule has 2 amide bonds. The molecular formula is C11H11N3O2S. The summed E-state index contributed by atoms with van der Waals surface area (Å²) in [5, 5.41) is 0.394. The van der Waals surface area contributed by atoms with Gasteiger partial charge in [0.1, 0.15) is 0 Å². The van der Waals surface area contributed by atoms with E-state index in [2.05, 4.69) is 16.8 Å². The Hall–Kier alpha value is -1.71. The number of aromatic nitrogens is 1. The molecule has 5 nitrogen and oxygen atoms in total. The quantitative estimate of drug-likeness (QED) is 0.575. The van der Waals surface area contributed by atoms with Crippen LogP contribution in [0.15, 0.2) is 6.20 Å². The highest BCUT2D eigenvalue weighted by Gasteiger charge is 2.38. The topological polar surface area (TPSA) is 76.3 Å². The fraction of sp³-hybridized carbons (Fsp3) is 0.364. The second-order valence-corrected chi connectivity index (χ2v) is 4.69. The Kier molecular flexibility index (Phi) is 3.22. The highest BCUT2D eigenvalue weighted by Crippen LogP contribution is 2.29. The Bertz CT molecular complexity index is 526. The molecule has 1 atom stereocenters. The zero-order valence-corrected chi connectivity index (χ0v) is 10.1. The fourth-order valence-corrected chi connectivity index (χ4v) is 2.36. The van der Waals surface area contributed by atoms with Crippen LogP contribution in [0, 0.1) is 17.8 Å². The van der Waals surface area contributed by atoms with Gasteiger partial charge >= 0.3 is 0 Å². The number of imide groups is 1. The van der Waals surface area contributed by atoms with Crippen LogP contribution >= 0.6 is 11.3 Å². The molecule has 2 heterocycles. The van der Waals surface area contributed by atoms with Crippen molar-refractivity contribution in [2.24, 2.45) is 11.7 Å². The summed E-state index contributed by atoms with van der Waals surface area (Å²) in [5.41, 5.74) is 5.26. The lowest BCUT2D eigenvalue weighted by atomic mass is 10.1. The van der Waals surface area contributed by atoms with Gasteiger partial charge in [0.15, 0.2) is 5.13 Å². The van der Waals surface area contributed by atoms with E-state index in [0.717, 1.165) is 4.90 Å². The summed E-state index contributed by atoms with van der Waals surface area (Å²) in [6.45, 7) is 2.01. The average Bonchev–Trinajstić information content (AvgIpc) is 2.83. The number of amides is 2. The molecule has 0 aromatic carbocycles. The number of carbonyl (C=O) groups excluding carboxylic acids is 2. The van der Waals surface area contributed by atoms with E-state index in [4.69, 9.17) is 5.73 Å². The van der Waals surface area contributed by atoms with Gasteiger partial charge in [-0.25, -0.2) is 9.88 Å². The van der Waals surface area contributed by atoms with Crippen LogP contribution in [0.4, 0.5) is 5.13 Å². The molecule has 0 saturated carbocycles. The summed E-state index contributed by atoms with van der Waals surface area (Å²) < 4.78 is 0. The molecular weight excluding hydrogens is 238 g/mol. The fourth-order valence-electron chi connectivity index (χ4n) is 1.55. The Labute approximate surface area is 103 Å². The van der Waals surface area contributed by atoms with Crippen molar-refractivity contribution in [2.45, 2.75) is 13.3 Å². The second-order valence-electron chi connectivity index (χ2n) is 3.69. The van der Waals surface area contributed by atoms with Crippen molar-refractivity contribution in [3.63, 3.8) is 0 Å². The van der Waals surface area contributed by atoms with Crippen LogP contribution in [-0.4, -0.2) is 23.3 Å². The number of nitrogens with zero attached hydrogens (tertiary/aromatic N) is 2. The first-order chi connectivity index (χ1) is 8.13. The molecule has 6 heteroatoms. The second kappa shape index (κ2) is 4.65. The van der Waals surface area contributed by atoms with E-state index in [9.17, 15) is 9.59 Å². The first kappa shape index (κ1) is 11.8. The largest absolute Gasteiger partial charge is 0.320 e. The van der Waals surface area contributed by atoms with Crippen molar-refractivity contribution in [3.8, 4) is 11.8 Å². The Balaban J connectivity index is 2.26. The molecule has 2 rings (SSSR count). The van der Waals surface area contributed by atoms with Gasteiger partial charge in [0.2, 0.25) is 11.8 Å². The molecule has 1 aromatic heterocycles. The molecule has 17 heavy (non-hydrogen) atoms. The summed E-state index contributed by atoms with van der Waals surface area (Å²) in [5.74, 6) is 4.87. The molecule has 1 aliphatic rings. The van der Waals surface area contributed by atoms with E-state index in [1.165, 1.54) is 11.3 Å². The maximum Gasteiger partial charge on any atom is 0.238 e. The molecule has 88 valence electrons. The number of hydrogen-bond donors (Lipinski definition) is 1. The number of hydrogen-bond acceptors (Lipinski definition) is 5. The Morgan fingerprint density at radius 2 is 2.41 bits per heavy atom. The summed E-state index contributed by atoms with van der Waals surface area (Å²) in [6, 6.07) is 0. The first-order valence-corrected chi connectivity index (χ1v) is 5.96. The number of anilines is 1. The lowest BCUT2D eigenvalue weighted by Crippen LogP contribution is -2.29. The van der Waals surface area contributed by atoms with E-state index in [1.54, 1.807) is 13.1 Å². The molecule has 0 spiro atoms. The summed E-state index contributed by atoms with van der Waals surface area (Å²) in [7, 11) is 0. The van der Waals surface area contributed by atoms with E-state index >= 15 is 0 Å². The SMILES string of the molecule is CC1CC(=O)N(c2ncc(C#CCN)s2)C1=O. The third kappa shape index (κ3) is 2.20. The Morgan fingerprint density at radius 1 is 1.65 bits per heavy atom. The number of thiazole rings is 1. The zero-order chi connectivity index (χ0) is 12.4. The van der Waals surface area contributed by atoms with Crippen LogP contribution in [0.5, 0.6) is 0 Å². The van der Waals surface area contributed by atoms with E-state index < -0.39 is 0 Å². The summed E-state index contributed by atoms with van der Waals surface area (Å²) in [4.78, 5) is 29.3. The van der Waals surface area contributed by atoms with Crippen molar-refractivity contribution in [1.82, 2.24) is 4.98 Å². The van der Waals surface area contributed by atoms with Gasteiger partial charge in [-0.15, -0.1) is 0 Å². The number of nitrogens with two attached hydrogens (primary N) is 1. The monoisotopic (exact) mass is 249 g/mol. The highest BCUT2D eigenvalue weighted by molar-refractivity contribution is 7.16. The maximum atomic E-state index is 11.8. The van der Waals surface area contributed by atoms with Gasteiger partial charge in [-0.05, 0) is 0 Å². The molecule has 1 fully saturated rings. The minimum absolute atomic E-state index is 0.192. The van der Waals surface area contributed by atoms with Gasteiger partial charge in [-0.3, -0.25) is 9.59 Å². The summed E-state index contributed by atoms with van der Waals surface area (Å²) >= 11 is 1.22. The van der Waals surface area contributed by atoms with Crippen LogP contribution in [-0.2, 0) is 9.59 Å². The van der Waals surface area contributed by atoms with Gasteiger partial charge in [-0.2, -0.15) is 0 Å². The van der Waals surface area contributed by atoms with E-state index in [0.29, 0.717) is 10.0 Å². The third-order valence-corrected chi connectivity index (χ3v) is 3.27. The predicted octanol–water partition coefficient (Wildman–Crippen LogP) is 0.353. The lowest BCUT2D eigenvalue weighted by Gasteiger charge is -2.08. The van der Waals surface area contributed by atoms with Crippen LogP contribution in [0.2, 0.25) is 0 Å². The lowest BCUT2D eigenvalue weighted by molar-refractivity contribution is -0.122. The van der Waals surface area contributed by atoms with E-state index in [1.807, 2.05) is 0 Å². The molecule has 1 aliphatic heterocycles. The average molecular weight is 249 g/mol. The van der Waals surface area contributed by atoms with Gasteiger partial charge in [0, 0.05) is 12.3 Å². The molecule has 1 saturated heterocycles. The molecule has 1 unspecified atom stereocenters. The van der Waals surface area contributed by atoms with Crippen LogP contribution < -0.4 is 10.6 Å². The van der Waals surface area contributed by atoms with E-state index in [-0.39, 0.29) is 30.7 Å². The number of rotatable bonds is 1. The normalized spacial score (nSPS) is 19.4. The molecule has 1 aromatic rings. The minimum Gasteiger partial charge on any atom is -0.320 e. The minimum atomic E-state index is -0.259. The summed E-state index contributed by atoms with van der Waals surface area (Å²) in [6.07, 6.45) is 1.80. The third-order valence-electron chi connectivity index (χ3n) is 2.37. The Morgan fingerprint density at radius 3 is 3.00 bits per heavy atom. The first-order valence-electron chi connectivity index (χ1n) is 5.15. The number of carbonyl (C=O) groups is 2. The van der Waals surface area contributed by atoms with Crippen LogP contribution in [0.1, 0.15) is 18.2 Å². The van der Waals surface area contributed by atoms with Gasteiger partial charge in [-0.1, -0.05) is 30.1 Å². The molecule has 0 aliphatic carbocycles. The van der Waals surface area contributed by atoms with Crippen molar-refractivity contribution in [1.29, 1.82) is 0 Å². The predicted molar refractivity (Wildman–Crippen MR) is 64.3 cm³/mol. The molecule has 0 bridgehead atoms. The standard InChI is InChI=1S/C11H11N3O2S/c1-7-5-9(15)14(10(7)16)11-13-6-8(17-11)3-2-4-12/h6-7H,4-5,12H2,1H3.